The van der Waals surface area contributed by atoms with E-state index in [1.807, 2.05) is 6.07 Å². The lowest BCUT2D eigenvalue weighted by atomic mass is 10.1. The molecule has 2 aromatic carbocycles. The Morgan fingerprint density at radius 3 is 2.12 bits per heavy atom. The standard InChI is InChI=1S/C20H22O5Si/c1-25-20(24)14-7-5-13(6-8-14)18(22)12-19(23)16-11-15(26(2,3)4)9-10-17(16)21/h5-12,21-22H,1-4H3/b18-12+. The molecule has 2 rings (SSSR count). The fraction of sp³-hybridized carbons (Fsp3) is 0.200. The summed E-state index contributed by atoms with van der Waals surface area (Å²) in [6.07, 6.45) is 1.07. The van der Waals surface area contributed by atoms with Gasteiger partial charge in [-0.3, -0.25) is 4.79 Å². The third-order valence-electron chi connectivity index (χ3n) is 4.00. The van der Waals surface area contributed by atoms with Crippen LogP contribution in [0.1, 0.15) is 26.3 Å². The van der Waals surface area contributed by atoms with E-state index in [0.29, 0.717) is 11.1 Å². The van der Waals surface area contributed by atoms with Crippen LogP contribution in [0, 0.1) is 0 Å². The SMILES string of the molecule is COC(=O)c1ccc(/C(O)=C\C(=O)c2cc([Si](C)(C)C)ccc2O)cc1. The van der Waals surface area contributed by atoms with E-state index in [1.54, 1.807) is 6.07 Å². The maximum Gasteiger partial charge on any atom is 0.337 e. The summed E-state index contributed by atoms with van der Waals surface area (Å²) in [5, 5.41) is 21.3. The Bertz CT molecular complexity index is 861. The smallest absolute Gasteiger partial charge is 0.337 e. The van der Waals surface area contributed by atoms with Gasteiger partial charge in [0.25, 0.3) is 0 Å². The number of aromatic hydroxyl groups is 1. The highest BCUT2D eigenvalue weighted by molar-refractivity contribution is 6.88. The van der Waals surface area contributed by atoms with Crippen molar-refractivity contribution < 1.29 is 24.5 Å². The number of hydrogen-bond donors (Lipinski definition) is 2. The van der Waals surface area contributed by atoms with Crippen molar-refractivity contribution in [2.75, 3.05) is 7.11 Å². The van der Waals surface area contributed by atoms with E-state index in [0.717, 1.165) is 11.3 Å². The fourth-order valence-electron chi connectivity index (χ4n) is 2.38. The molecule has 136 valence electrons. The molecule has 0 fully saturated rings. The highest BCUT2D eigenvalue weighted by atomic mass is 28.3. The molecule has 0 aliphatic carbocycles. The predicted molar refractivity (Wildman–Crippen MR) is 104 cm³/mol. The third-order valence-corrected chi connectivity index (χ3v) is 6.04. The number of aliphatic hydroxyl groups is 1. The summed E-state index contributed by atoms with van der Waals surface area (Å²) in [5.74, 6) is -1.34. The number of ketones is 1. The summed E-state index contributed by atoms with van der Waals surface area (Å²) in [6, 6.07) is 11.1. The number of benzene rings is 2. The minimum atomic E-state index is -1.65. The van der Waals surface area contributed by atoms with Crippen molar-refractivity contribution in [1.29, 1.82) is 0 Å². The number of hydrogen-bond acceptors (Lipinski definition) is 5. The number of carbonyl (C=O) groups excluding carboxylic acids is 2. The highest BCUT2D eigenvalue weighted by Gasteiger charge is 2.20. The second kappa shape index (κ2) is 7.57. The van der Waals surface area contributed by atoms with Gasteiger partial charge in [0.2, 0.25) is 0 Å². The number of rotatable bonds is 5. The summed E-state index contributed by atoms with van der Waals surface area (Å²) in [4.78, 5) is 23.9. The molecular weight excluding hydrogens is 348 g/mol. The molecule has 0 aliphatic rings. The number of phenolic OH excluding ortho intramolecular Hbond substituents is 1. The maximum absolute atomic E-state index is 12.5. The first kappa shape index (κ1) is 19.5. The van der Waals surface area contributed by atoms with E-state index in [9.17, 15) is 19.8 Å². The van der Waals surface area contributed by atoms with Crippen molar-refractivity contribution in [2.45, 2.75) is 19.6 Å². The van der Waals surface area contributed by atoms with E-state index >= 15 is 0 Å². The molecule has 0 amide bonds. The van der Waals surface area contributed by atoms with Gasteiger partial charge >= 0.3 is 5.97 Å². The minimum absolute atomic E-state index is 0.123. The molecular formula is C20H22O5Si. The number of esters is 1. The van der Waals surface area contributed by atoms with Crippen LogP contribution in [0.3, 0.4) is 0 Å². The lowest BCUT2D eigenvalue weighted by Crippen LogP contribution is -2.37. The third kappa shape index (κ3) is 4.40. The van der Waals surface area contributed by atoms with Gasteiger partial charge in [0, 0.05) is 11.6 Å². The van der Waals surface area contributed by atoms with Crippen molar-refractivity contribution in [3.8, 4) is 5.75 Å². The van der Waals surface area contributed by atoms with Crippen molar-refractivity contribution >= 4 is 30.8 Å². The van der Waals surface area contributed by atoms with Gasteiger partial charge in [-0.25, -0.2) is 4.79 Å². The molecule has 2 N–H and O–H groups in total. The first-order chi connectivity index (χ1) is 12.1. The fourth-order valence-corrected chi connectivity index (χ4v) is 3.54. The molecule has 0 aliphatic heterocycles. The minimum Gasteiger partial charge on any atom is -0.507 e. The largest absolute Gasteiger partial charge is 0.507 e. The van der Waals surface area contributed by atoms with Crippen molar-refractivity contribution in [3.05, 3.63) is 65.2 Å². The first-order valence-electron chi connectivity index (χ1n) is 8.10. The van der Waals surface area contributed by atoms with Gasteiger partial charge in [0.1, 0.15) is 11.5 Å². The Labute approximate surface area is 153 Å². The van der Waals surface area contributed by atoms with Gasteiger partial charge in [-0.15, -0.1) is 0 Å². The summed E-state index contributed by atoms with van der Waals surface area (Å²) >= 11 is 0. The molecule has 0 saturated heterocycles. The predicted octanol–water partition coefficient (Wildman–Crippen LogP) is 3.51. The molecule has 0 bridgehead atoms. The molecule has 5 nitrogen and oxygen atoms in total. The van der Waals surface area contributed by atoms with Crippen LogP contribution in [-0.4, -0.2) is 37.1 Å². The number of allylic oxidation sites excluding steroid dienone is 1. The zero-order valence-electron chi connectivity index (χ0n) is 15.2. The Kier molecular flexibility index (Phi) is 5.67. The van der Waals surface area contributed by atoms with Gasteiger partial charge in [0.05, 0.1) is 26.3 Å². The van der Waals surface area contributed by atoms with Crippen LogP contribution in [0.25, 0.3) is 5.76 Å². The molecule has 0 spiro atoms. The Balaban J connectivity index is 2.31. The average molecular weight is 370 g/mol. The van der Waals surface area contributed by atoms with Gasteiger partial charge in [-0.1, -0.05) is 43.0 Å². The van der Waals surface area contributed by atoms with Crippen LogP contribution in [0.5, 0.6) is 5.75 Å². The van der Waals surface area contributed by atoms with E-state index in [2.05, 4.69) is 24.4 Å². The number of phenols is 1. The second-order valence-corrected chi connectivity index (χ2v) is 12.0. The van der Waals surface area contributed by atoms with Gasteiger partial charge in [0.15, 0.2) is 5.78 Å². The second-order valence-electron chi connectivity index (χ2n) is 6.94. The van der Waals surface area contributed by atoms with E-state index in [-0.39, 0.29) is 17.1 Å². The lowest BCUT2D eigenvalue weighted by Gasteiger charge is -2.17. The number of ether oxygens (including phenoxy) is 1. The summed E-state index contributed by atoms with van der Waals surface area (Å²) in [5.41, 5.74) is 0.880. The molecule has 0 heterocycles. The van der Waals surface area contributed by atoms with Crippen molar-refractivity contribution in [2.24, 2.45) is 0 Å². The van der Waals surface area contributed by atoms with Gasteiger partial charge in [-0.2, -0.15) is 0 Å². The number of carbonyl (C=O) groups is 2. The van der Waals surface area contributed by atoms with E-state index in [4.69, 9.17) is 0 Å². The molecule has 26 heavy (non-hydrogen) atoms. The Hall–Kier alpha value is -2.86. The van der Waals surface area contributed by atoms with Crippen molar-refractivity contribution in [3.63, 3.8) is 0 Å². The quantitative estimate of drug-likeness (QED) is 0.277. The molecule has 0 saturated carbocycles. The van der Waals surface area contributed by atoms with Crippen LogP contribution in [0.2, 0.25) is 19.6 Å². The normalized spacial score (nSPS) is 11.9. The number of methoxy groups -OCH3 is 1. The van der Waals surface area contributed by atoms with Crippen LogP contribution < -0.4 is 5.19 Å². The number of aliphatic hydroxyl groups excluding tert-OH is 1. The first-order valence-corrected chi connectivity index (χ1v) is 11.6. The Morgan fingerprint density at radius 2 is 1.58 bits per heavy atom. The topological polar surface area (TPSA) is 83.8 Å². The maximum atomic E-state index is 12.5. The van der Waals surface area contributed by atoms with Crippen LogP contribution in [0.15, 0.2) is 48.5 Å². The summed E-state index contributed by atoms with van der Waals surface area (Å²) in [6.45, 7) is 6.43. The van der Waals surface area contributed by atoms with Crippen LogP contribution >= 0.6 is 0 Å². The molecule has 0 aromatic heterocycles. The molecule has 2 aromatic rings. The average Bonchev–Trinajstić information content (AvgIpc) is 2.60. The summed E-state index contributed by atoms with van der Waals surface area (Å²) < 4.78 is 4.62. The van der Waals surface area contributed by atoms with E-state index in [1.165, 1.54) is 37.4 Å². The monoisotopic (exact) mass is 370 g/mol. The zero-order chi connectivity index (χ0) is 19.5. The van der Waals surface area contributed by atoms with Gasteiger partial charge < -0.3 is 14.9 Å². The van der Waals surface area contributed by atoms with Crippen LogP contribution in [-0.2, 0) is 4.74 Å². The molecule has 0 unspecified atom stereocenters. The zero-order valence-corrected chi connectivity index (χ0v) is 16.2. The summed E-state index contributed by atoms with van der Waals surface area (Å²) in [7, 11) is -0.363. The highest BCUT2D eigenvalue weighted by Crippen LogP contribution is 2.20. The van der Waals surface area contributed by atoms with Crippen molar-refractivity contribution in [1.82, 2.24) is 0 Å². The van der Waals surface area contributed by atoms with Crippen LogP contribution in [0.4, 0.5) is 0 Å². The molecule has 6 heteroatoms. The van der Waals surface area contributed by atoms with Gasteiger partial charge in [-0.05, 0) is 24.3 Å². The molecule has 0 atom stereocenters. The Morgan fingerprint density at radius 1 is 1.00 bits per heavy atom. The lowest BCUT2D eigenvalue weighted by molar-refractivity contribution is 0.0600. The van der Waals surface area contributed by atoms with E-state index < -0.39 is 19.8 Å². The molecule has 0 radical (unpaired) electrons.